The number of likely N-dealkylation sites (tertiary alicyclic amines) is 1. The maximum absolute atomic E-state index is 9.82. The molecule has 1 aliphatic heterocycles. The van der Waals surface area contributed by atoms with Crippen LogP contribution in [-0.2, 0) is 4.74 Å². The SMILES string of the molecule is CC(C)OCC1CN(CC(CO)c2cc(Cl)cc(C#N)c2)CC1C. The maximum Gasteiger partial charge on any atom is 0.0992 e. The minimum absolute atomic E-state index is 0.0345. The van der Waals surface area contributed by atoms with Gasteiger partial charge in [-0.05, 0) is 49.4 Å². The number of ether oxygens (including phenoxy) is 1. The Morgan fingerprint density at radius 2 is 2.12 bits per heavy atom. The summed E-state index contributed by atoms with van der Waals surface area (Å²) in [6, 6.07) is 7.45. The molecule has 24 heavy (non-hydrogen) atoms. The highest BCUT2D eigenvalue weighted by molar-refractivity contribution is 6.30. The number of nitriles is 1. The summed E-state index contributed by atoms with van der Waals surface area (Å²) in [5.74, 6) is 1.07. The Morgan fingerprint density at radius 3 is 2.75 bits per heavy atom. The average Bonchev–Trinajstić information content (AvgIpc) is 2.89. The van der Waals surface area contributed by atoms with E-state index >= 15 is 0 Å². The minimum Gasteiger partial charge on any atom is -0.396 e. The van der Waals surface area contributed by atoms with Gasteiger partial charge in [-0.2, -0.15) is 5.26 Å². The van der Waals surface area contributed by atoms with E-state index in [-0.39, 0.29) is 18.6 Å². The topological polar surface area (TPSA) is 56.5 Å². The molecular formula is C19H27ClN2O2. The van der Waals surface area contributed by atoms with Gasteiger partial charge in [0, 0.05) is 30.6 Å². The molecule has 1 N–H and O–H groups in total. The van der Waals surface area contributed by atoms with Gasteiger partial charge in [-0.15, -0.1) is 0 Å². The lowest BCUT2D eigenvalue weighted by Gasteiger charge is -2.23. The first-order chi connectivity index (χ1) is 11.4. The third-order valence-corrected chi connectivity index (χ3v) is 4.93. The lowest BCUT2D eigenvalue weighted by Crippen LogP contribution is -2.29. The molecule has 1 aromatic rings. The van der Waals surface area contributed by atoms with Gasteiger partial charge in [0.25, 0.3) is 0 Å². The lowest BCUT2D eigenvalue weighted by atomic mass is 9.97. The van der Waals surface area contributed by atoms with E-state index in [1.165, 1.54) is 0 Å². The van der Waals surface area contributed by atoms with Crippen LogP contribution >= 0.6 is 11.6 Å². The third kappa shape index (κ3) is 5.19. The molecule has 1 heterocycles. The second-order valence-corrected chi connectivity index (χ2v) is 7.54. The van der Waals surface area contributed by atoms with Crippen LogP contribution in [0, 0.1) is 23.2 Å². The normalized spacial score (nSPS) is 22.7. The summed E-state index contributed by atoms with van der Waals surface area (Å²) in [5, 5.41) is 19.5. The molecule has 3 atom stereocenters. The molecule has 1 aromatic carbocycles. The highest BCUT2D eigenvalue weighted by Gasteiger charge is 2.31. The number of halogens is 1. The van der Waals surface area contributed by atoms with Crippen LogP contribution in [0.15, 0.2) is 18.2 Å². The Morgan fingerprint density at radius 1 is 1.38 bits per heavy atom. The molecule has 1 fully saturated rings. The molecule has 0 radical (unpaired) electrons. The van der Waals surface area contributed by atoms with Gasteiger partial charge in [-0.3, -0.25) is 0 Å². The van der Waals surface area contributed by atoms with Crippen LogP contribution in [0.5, 0.6) is 0 Å². The van der Waals surface area contributed by atoms with Crippen LogP contribution in [0.25, 0.3) is 0 Å². The lowest BCUT2D eigenvalue weighted by molar-refractivity contribution is 0.0452. The second-order valence-electron chi connectivity index (χ2n) is 7.10. The highest BCUT2D eigenvalue weighted by atomic mass is 35.5. The van der Waals surface area contributed by atoms with Gasteiger partial charge in [0.15, 0.2) is 0 Å². The number of aliphatic hydroxyl groups excluding tert-OH is 1. The van der Waals surface area contributed by atoms with Crippen molar-refractivity contribution < 1.29 is 9.84 Å². The van der Waals surface area contributed by atoms with Crippen molar-refractivity contribution in [3.63, 3.8) is 0 Å². The summed E-state index contributed by atoms with van der Waals surface area (Å²) in [7, 11) is 0. The summed E-state index contributed by atoms with van der Waals surface area (Å²) in [6.07, 6.45) is 0.257. The van der Waals surface area contributed by atoms with Crippen molar-refractivity contribution >= 4 is 11.6 Å². The fourth-order valence-electron chi connectivity index (χ4n) is 3.32. The Kier molecular flexibility index (Phi) is 7.06. The predicted octanol–water partition coefficient (Wildman–Crippen LogP) is 3.28. The van der Waals surface area contributed by atoms with Gasteiger partial charge >= 0.3 is 0 Å². The fourth-order valence-corrected chi connectivity index (χ4v) is 3.56. The van der Waals surface area contributed by atoms with Crippen LogP contribution in [0.2, 0.25) is 5.02 Å². The summed E-state index contributed by atoms with van der Waals surface area (Å²) in [6.45, 7) is 9.97. The Bertz CT molecular complexity index is 585. The maximum atomic E-state index is 9.82. The van der Waals surface area contributed by atoms with Crippen molar-refractivity contribution in [2.75, 3.05) is 32.8 Å². The van der Waals surface area contributed by atoms with E-state index < -0.39 is 0 Å². The molecule has 0 bridgehead atoms. The van der Waals surface area contributed by atoms with Crippen molar-refractivity contribution in [3.8, 4) is 6.07 Å². The molecule has 0 spiro atoms. The van der Waals surface area contributed by atoms with E-state index in [0.29, 0.717) is 22.4 Å². The van der Waals surface area contributed by atoms with Crippen molar-refractivity contribution in [2.45, 2.75) is 32.8 Å². The van der Waals surface area contributed by atoms with Crippen LogP contribution in [-0.4, -0.2) is 49.0 Å². The van der Waals surface area contributed by atoms with Gasteiger partial charge < -0.3 is 14.7 Å². The third-order valence-electron chi connectivity index (χ3n) is 4.71. The fraction of sp³-hybridized carbons (Fsp3) is 0.632. The number of hydrogen-bond acceptors (Lipinski definition) is 4. The molecule has 2 rings (SSSR count). The monoisotopic (exact) mass is 350 g/mol. The molecule has 0 aliphatic carbocycles. The van der Waals surface area contributed by atoms with E-state index in [1.807, 2.05) is 12.1 Å². The molecule has 3 unspecified atom stereocenters. The molecule has 4 nitrogen and oxygen atoms in total. The highest BCUT2D eigenvalue weighted by Crippen LogP contribution is 2.28. The van der Waals surface area contributed by atoms with Gasteiger partial charge in [0.05, 0.1) is 31.0 Å². The second kappa shape index (κ2) is 8.82. The molecular weight excluding hydrogens is 324 g/mol. The number of rotatable bonds is 7. The number of aliphatic hydroxyl groups is 1. The van der Waals surface area contributed by atoms with Gasteiger partial charge in [0.1, 0.15) is 0 Å². The smallest absolute Gasteiger partial charge is 0.0992 e. The van der Waals surface area contributed by atoms with Crippen LogP contribution in [0.1, 0.15) is 37.8 Å². The van der Waals surface area contributed by atoms with Gasteiger partial charge in [0.2, 0.25) is 0 Å². The molecule has 1 saturated heterocycles. The zero-order valence-corrected chi connectivity index (χ0v) is 15.5. The zero-order valence-electron chi connectivity index (χ0n) is 14.7. The van der Waals surface area contributed by atoms with Crippen LogP contribution in [0.3, 0.4) is 0 Å². The molecule has 5 heteroatoms. The minimum atomic E-state index is -0.0345. The quantitative estimate of drug-likeness (QED) is 0.819. The first-order valence-corrected chi connectivity index (χ1v) is 8.96. The summed E-state index contributed by atoms with van der Waals surface area (Å²) < 4.78 is 5.78. The van der Waals surface area contributed by atoms with Crippen molar-refractivity contribution in [1.29, 1.82) is 5.26 Å². The van der Waals surface area contributed by atoms with Crippen molar-refractivity contribution in [1.82, 2.24) is 4.90 Å². The van der Waals surface area contributed by atoms with E-state index in [4.69, 9.17) is 21.6 Å². The molecule has 0 amide bonds. The largest absolute Gasteiger partial charge is 0.396 e. The van der Waals surface area contributed by atoms with Crippen LogP contribution < -0.4 is 0 Å². The molecule has 0 saturated carbocycles. The van der Waals surface area contributed by atoms with Crippen molar-refractivity contribution in [2.24, 2.45) is 11.8 Å². The van der Waals surface area contributed by atoms with E-state index in [2.05, 4.69) is 31.7 Å². The first kappa shape index (κ1) is 19.2. The standard InChI is InChI=1S/C19H27ClN2O2/c1-13(2)24-12-18-10-22(8-14(18)3)9-17(11-23)16-4-15(7-21)5-19(20)6-16/h4-6,13-14,17-18,23H,8-12H2,1-3H3. The van der Waals surface area contributed by atoms with Crippen LogP contribution in [0.4, 0.5) is 0 Å². The number of nitrogens with zero attached hydrogens (tertiary/aromatic N) is 2. The number of hydrogen-bond donors (Lipinski definition) is 1. The van der Waals surface area contributed by atoms with Crippen molar-refractivity contribution in [3.05, 3.63) is 34.3 Å². The summed E-state index contributed by atoms with van der Waals surface area (Å²) in [5.41, 5.74) is 1.46. The summed E-state index contributed by atoms with van der Waals surface area (Å²) in [4.78, 5) is 2.38. The zero-order chi connectivity index (χ0) is 17.7. The summed E-state index contributed by atoms with van der Waals surface area (Å²) >= 11 is 6.10. The van der Waals surface area contributed by atoms with E-state index in [1.54, 1.807) is 6.07 Å². The Balaban J connectivity index is 2.01. The molecule has 132 valence electrons. The van der Waals surface area contributed by atoms with Gasteiger partial charge in [-0.1, -0.05) is 18.5 Å². The predicted molar refractivity (Wildman–Crippen MR) is 96.2 cm³/mol. The van der Waals surface area contributed by atoms with Gasteiger partial charge in [-0.25, -0.2) is 0 Å². The average molecular weight is 351 g/mol. The number of benzene rings is 1. The van der Waals surface area contributed by atoms with E-state index in [0.717, 1.165) is 31.8 Å². The molecule has 0 aromatic heterocycles. The first-order valence-electron chi connectivity index (χ1n) is 8.58. The Labute approximate surface area is 150 Å². The van der Waals surface area contributed by atoms with E-state index in [9.17, 15) is 5.11 Å². The Hall–Kier alpha value is -1.12. The molecule has 1 aliphatic rings.